The molecule has 0 atom stereocenters. The summed E-state index contributed by atoms with van der Waals surface area (Å²) in [5, 5.41) is 0. The molecular formula is C14H32IP. The molecule has 0 rings (SSSR count). The first-order chi connectivity index (χ1) is 7.24. The highest BCUT2D eigenvalue weighted by Gasteiger charge is 2.33. The standard InChI is InChI=1S/C14H32P.HI/c1-5-9-13-15(11-7-3,12-8-4)14-10-6-2;/h5-14H2,1-4H3;1H/q+1;/p-1. The zero-order valence-corrected chi connectivity index (χ0v) is 14.9. The summed E-state index contributed by atoms with van der Waals surface area (Å²) in [6, 6.07) is 0. The Morgan fingerprint density at radius 3 is 1.19 bits per heavy atom. The van der Waals surface area contributed by atoms with E-state index in [0.717, 1.165) is 0 Å². The molecule has 0 aromatic heterocycles. The summed E-state index contributed by atoms with van der Waals surface area (Å²) >= 11 is 0. The third-order valence-electron chi connectivity index (χ3n) is 3.37. The predicted molar refractivity (Wildman–Crippen MR) is 76.8 cm³/mol. The second-order valence-corrected chi connectivity index (χ2v) is 9.42. The molecule has 0 aromatic carbocycles. The van der Waals surface area contributed by atoms with E-state index < -0.39 is 7.26 Å². The van der Waals surface area contributed by atoms with Gasteiger partial charge in [0.15, 0.2) is 0 Å². The molecule has 0 heterocycles. The van der Waals surface area contributed by atoms with Gasteiger partial charge in [-0.15, -0.1) is 0 Å². The monoisotopic (exact) mass is 358 g/mol. The first-order valence-corrected chi connectivity index (χ1v) is 9.62. The Hall–Kier alpha value is 1.16. The summed E-state index contributed by atoms with van der Waals surface area (Å²) in [6.07, 6.45) is 14.9. The highest BCUT2D eigenvalue weighted by Crippen LogP contribution is 2.60. The fourth-order valence-electron chi connectivity index (χ4n) is 2.61. The van der Waals surface area contributed by atoms with E-state index in [1.807, 2.05) is 0 Å². The van der Waals surface area contributed by atoms with Crippen LogP contribution in [-0.2, 0) is 0 Å². The zero-order chi connectivity index (χ0) is 11.6. The van der Waals surface area contributed by atoms with Crippen molar-refractivity contribution in [1.29, 1.82) is 0 Å². The smallest absolute Gasteiger partial charge is 0.0594 e. The van der Waals surface area contributed by atoms with Gasteiger partial charge in [-0.1, -0.05) is 40.5 Å². The summed E-state index contributed by atoms with van der Waals surface area (Å²) in [6.45, 7) is 9.43. The molecule has 0 amide bonds. The fraction of sp³-hybridized carbons (Fsp3) is 1.00. The maximum absolute atomic E-state index is 2.38. The lowest BCUT2D eigenvalue weighted by Gasteiger charge is -2.27. The van der Waals surface area contributed by atoms with Crippen molar-refractivity contribution < 1.29 is 24.0 Å². The first kappa shape index (κ1) is 19.5. The molecular weight excluding hydrogens is 326 g/mol. The van der Waals surface area contributed by atoms with Crippen LogP contribution in [0, 0.1) is 0 Å². The molecule has 0 unspecified atom stereocenters. The molecule has 0 saturated carbocycles. The van der Waals surface area contributed by atoms with Gasteiger partial charge in [0, 0.05) is 7.26 Å². The highest BCUT2D eigenvalue weighted by molar-refractivity contribution is 7.75. The molecule has 16 heavy (non-hydrogen) atoms. The number of hydrogen-bond acceptors (Lipinski definition) is 0. The van der Waals surface area contributed by atoms with Crippen molar-refractivity contribution in [2.24, 2.45) is 0 Å². The van der Waals surface area contributed by atoms with E-state index in [1.165, 1.54) is 38.5 Å². The second kappa shape index (κ2) is 12.6. The molecule has 0 fully saturated rings. The molecule has 100 valence electrons. The summed E-state index contributed by atoms with van der Waals surface area (Å²) in [7, 11) is -0.529. The lowest BCUT2D eigenvalue weighted by atomic mass is 10.4. The van der Waals surface area contributed by atoms with Crippen LogP contribution in [0.15, 0.2) is 0 Å². The molecule has 0 bridgehead atoms. The molecule has 0 spiro atoms. The Balaban J connectivity index is 0. The SMILES string of the molecule is CCCC[P+](CCC)(CCC)CCCC.[I-]. The minimum Gasteiger partial charge on any atom is -1.00 e. The number of unbranched alkanes of at least 4 members (excludes halogenated alkanes) is 2. The van der Waals surface area contributed by atoms with Crippen LogP contribution in [0.5, 0.6) is 0 Å². The van der Waals surface area contributed by atoms with E-state index in [2.05, 4.69) is 27.7 Å². The van der Waals surface area contributed by atoms with Crippen LogP contribution in [0.4, 0.5) is 0 Å². The van der Waals surface area contributed by atoms with Gasteiger partial charge in [0.2, 0.25) is 0 Å². The minimum atomic E-state index is -0.529. The van der Waals surface area contributed by atoms with Gasteiger partial charge in [-0.3, -0.25) is 0 Å². The Kier molecular flexibility index (Phi) is 15.4. The molecule has 0 aliphatic rings. The Labute approximate surface area is 122 Å². The molecule has 0 aliphatic heterocycles. The molecule has 0 saturated heterocycles. The van der Waals surface area contributed by atoms with Gasteiger partial charge in [0.1, 0.15) is 0 Å². The third kappa shape index (κ3) is 8.28. The third-order valence-corrected chi connectivity index (χ3v) is 8.69. The lowest BCUT2D eigenvalue weighted by Crippen LogP contribution is -3.00. The zero-order valence-electron chi connectivity index (χ0n) is 11.9. The Morgan fingerprint density at radius 2 is 0.938 bits per heavy atom. The summed E-state index contributed by atoms with van der Waals surface area (Å²) in [5.74, 6) is 0. The van der Waals surface area contributed by atoms with E-state index >= 15 is 0 Å². The second-order valence-electron chi connectivity index (χ2n) is 4.94. The Morgan fingerprint density at radius 1 is 0.562 bits per heavy atom. The maximum atomic E-state index is 2.38. The Bertz CT molecular complexity index is 121. The van der Waals surface area contributed by atoms with Crippen molar-refractivity contribution in [2.45, 2.75) is 66.2 Å². The molecule has 2 heteroatoms. The maximum Gasteiger partial charge on any atom is 0.0594 e. The first-order valence-electron chi connectivity index (χ1n) is 7.09. The van der Waals surface area contributed by atoms with Gasteiger partial charge in [0.05, 0.1) is 24.6 Å². The number of rotatable bonds is 10. The summed E-state index contributed by atoms with van der Waals surface area (Å²) in [4.78, 5) is 0. The van der Waals surface area contributed by atoms with Crippen LogP contribution in [0.25, 0.3) is 0 Å². The predicted octanol–water partition coefficient (Wildman–Crippen LogP) is 2.43. The van der Waals surface area contributed by atoms with E-state index in [9.17, 15) is 0 Å². The molecule has 0 aliphatic carbocycles. The van der Waals surface area contributed by atoms with Crippen LogP contribution in [0.1, 0.15) is 66.2 Å². The number of hydrogen-bond donors (Lipinski definition) is 0. The lowest BCUT2D eigenvalue weighted by molar-refractivity contribution is -0.00000360. The number of halogens is 1. The van der Waals surface area contributed by atoms with Crippen molar-refractivity contribution in [2.75, 3.05) is 24.6 Å². The van der Waals surface area contributed by atoms with E-state index in [4.69, 9.17) is 0 Å². The van der Waals surface area contributed by atoms with Crippen molar-refractivity contribution in [3.8, 4) is 0 Å². The molecule has 0 radical (unpaired) electrons. The van der Waals surface area contributed by atoms with Gasteiger partial charge in [-0.2, -0.15) is 0 Å². The quantitative estimate of drug-likeness (QED) is 0.416. The van der Waals surface area contributed by atoms with Crippen LogP contribution in [0.3, 0.4) is 0 Å². The molecule has 0 nitrogen and oxygen atoms in total. The molecule has 0 N–H and O–H groups in total. The van der Waals surface area contributed by atoms with Gasteiger partial charge < -0.3 is 24.0 Å². The van der Waals surface area contributed by atoms with Crippen molar-refractivity contribution in [1.82, 2.24) is 0 Å². The van der Waals surface area contributed by atoms with Crippen molar-refractivity contribution >= 4 is 7.26 Å². The van der Waals surface area contributed by atoms with Crippen LogP contribution in [-0.4, -0.2) is 24.6 Å². The average molecular weight is 358 g/mol. The van der Waals surface area contributed by atoms with Crippen LogP contribution >= 0.6 is 7.26 Å². The van der Waals surface area contributed by atoms with E-state index in [0.29, 0.717) is 0 Å². The van der Waals surface area contributed by atoms with E-state index in [1.54, 1.807) is 24.6 Å². The van der Waals surface area contributed by atoms with Crippen LogP contribution < -0.4 is 24.0 Å². The van der Waals surface area contributed by atoms with Gasteiger partial charge >= 0.3 is 0 Å². The van der Waals surface area contributed by atoms with E-state index in [-0.39, 0.29) is 24.0 Å². The van der Waals surface area contributed by atoms with Gasteiger partial charge in [-0.25, -0.2) is 0 Å². The normalized spacial score (nSPS) is 11.2. The van der Waals surface area contributed by atoms with Gasteiger partial charge in [0.25, 0.3) is 0 Å². The van der Waals surface area contributed by atoms with Gasteiger partial charge in [-0.05, 0) is 25.7 Å². The molecule has 0 aromatic rings. The highest BCUT2D eigenvalue weighted by atomic mass is 127. The average Bonchev–Trinajstić information content (AvgIpc) is 2.24. The topological polar surface area (TPSA) is 0 Å². The van der Waals surface area contributed by atoms with Crippen molar-refractivity contribution in [3.63, 3.8) is 0 Å². The largest absolute Gasteiger partial charge is 1.00 e. The summed E-state index contributed by atoms with van der Waals surface area (Å²) < 4.78 is 0. The fourth-order valence-corrected chi connectivity index (χ4v) is 7.82. The van der Waals surface area contributed by atoms with Crippen LogP contribution in [0.2, 0.25) is 0 Å². The minimum absolute atomic E-state index is 0. The summed E-state index contributed by atoms with van der Waals surface area (Å²) in [5.41, 5.74) is 0. The van der Waals surface area contributed by atoms with Crippen molar-refractivity contribution in [3.05, 3.63) is 0 Å².